The van der Waals surface area contributed by atoms with Gasteiger partial charge in [0.1, 0.15) is 11.5 Å². The number of ether oxygens (including phenoxy) is 2. The molecule has 4 nitrogen and oxygen atoms in total. The van der Waals surface area contributed by atoms with E-state index in [1.54, 1.807) is 24.3 Å². The molecule has 0 heterocycles. The second-order valence-corrected chi connectivity index (χ2v) is 5.89. The van der Waals surface area contributed by atoms with Gasteiger partial charge in [-0.2, -0.15) is 0 Å². The molecule has 0 radical (unpaired) electrons. The minimum absolute atomic E-state index is 0.286. The molecular weight excluding hydrogens is 372 g/mol. The number of alkyl halides is 2. The number of carbonyl (C=O) groups excluding carboxylic acids is 2. The molecule has 0 saturated heterocycles. The Hall–Kier alpha value is -1.07. The van der Waals surface area contributed by atoms with E-state index in [0.29, 0.717) is 36.6 Å². The van der Waals surface area contributed by atoms with Crippen LogP contribution in [0.4, 0.5) is 0 Å². The fourth-order valence-electron chi connectivity index (χ4n) is 1.69. The van der Waals surface area contributed by atoms with Gasteiger partial charge in [-0.05, 0) is 37.8 Å². The molecule has 122 valence electrons. The van der Waals surface area contributed by atoms with Gasteiger partial charge in [0.15, 0.2) is 0 Å². The van der Waals surface area contributed by atoms with Gasteiger partial charge < -0.3 is 9.47 Å². The van der Waals surface area contributed by atoms with Crippen molar-refractivity contribution in [2.45, 2.75) is 38.5 Å². The van der Waals surface area contributed by atoms with Gasteiger partial charge in [-0.1, -0.05) is 22.0 Å². The first kappa shape index (κ1) is 19.0. The summed E-state index contributed by atoms with van der Waals surface area (Å²) in [6.45, 7) is 0. The average Bonchev–Trinajstić information content (AvgIpc) is 2.48. The zero-order valence-electron chi connectivity index (χ0n) is 12.4. The molecule has 0 aliphatic rings. The van der Waals surface area contributed by atoms with E-state index < -0.39 is 0 Å². The molecule has 0 aliphatic carbocycles. The number of carbonyl (C=O) groups is 2. The fourth-order valence-corrected chi connectivity index (χ4v) is 2.28. The lowest BCUT2D eigenvalue weighted by Gasteiger charge is -2.07. The number of benzene rings is 1. The van der Waals surface area contributed by atoms with Crippen LogP contribution in [0, 0.1) is 0 Å². The summed E-state index contributed by atoms with van der Waals surface area (Å²) < 4.78 is 10.4. The van der Waals surface area contributed by atoms with Gasteiger partial charge in [0, 0.05) is 30.1 Å². The van der Waals surface area contributed by atoms with E-state index in [1.807, 2.05) is 0 Å². The van der Waals surface area contributed by atoms with E-state index in [9.17, 15) is 9.59 Å². The lowest BCUT2D eigenvalue weighted by Crippen LogP contribution is -2.09. The van der Waals surface area contributed by atoms with Gasteiger partial charge in [-0.3, -0.25) is 9.59 Å². The molecule has 1 aromatic carbocycles. The molecule has 0 atom stereocenters. The summed E-state index contributed by atoms with van der Waals surface area (Å²) in [4.78, 5) is 23.3. The van der Waals surface area contributed by atoms with Crippen LogP contribution in [0.3, 0.4) is 0 Å². The highest BCUT2D eigenvalue weighted by Crippen LogP contribution is 2.20. The molecule has 0 N–H and O–H groups in total. The molecular formula is C16H20BrClO4. The fraction of sp³-hybridized carbons (Fsp3) is 0.500. The van der Waals surface area contributed by atoms with Crippen molar-refractivity contribution in [3.63, 3.8) is 0 Å². The molecule has 6 heteroatoms. The van der Waals surface area contributed by atoms with Gasteiger partial charge >= 0.3 is 11.9 Å². The van der Waals surface area contributed by atoms with Crippen LogP contribution in [0.5, 0.6) is 11.5 Å². The Morgan fingerprint density at radius 1 is 0.955 bits per heavy atom. The molecule has 0 fully saturated rings. The van der Waals surface area contributed by atoms with Crippen molar-refractivity contribution in [1.29, 1.82) is 0 Å². The third-order valence-electron chi connectivity index (χ3n) is 2.80. The topological polar surface area (TPSA) is 52.6 Å². The Kier molecular flexibility index (Phi) is 9.91. The number of esters is 2. The van der Waals surface area contributed by atoms with Crippen molar-refractivity contribution < 1.29 is 19.1 Å². The Morgan fingerprint density at radius 2 is 1.50 bits per heavy atom. The average molecular weight is 392 g/mol. The monoisotopic (exact) mass is 390 g/mol. The molecule has 1 aromatic rings. The highest BCUT2D eigenvalue weighted by atomic mass is 79.9. The second-order valence-electron chi connectivity index (χ2n) is 4.72. The maximum atomic E-state index is 11.6. The standard InChI is InChI=1S/C16H20BrClO4/c17-10-3-1-8-15(19)21-13-6-5-7-14(12-13)22-16(20)9-2-4-11-18/h5-7,12H,1-4,8-11H2. The van der Waals surface area contributed by atoms with E-state index in [2.05, 4.69) is 15.9 Å². The van der Waals surface area contributed by atoms with E-state index in [1.165, 1.54) is 0 Å². The van der Waals surface area contributed by atoms with Gasteiger partial charge in [0.2, 0.25) is 0 Å². The maximum Gasteiger partial charge on any atom is 0.311 e. The predicted octanol–water partition coefficient (Wildman–Crippen LogP) is 4.47. The number of hydrogen-bond donors (Lipinski definition) is 0. The van der Waals surface area contributed by atoms with Crippen LogP contribution in [0.15, 0.2) is 24.3 Å². The SMILES string of the molecule is O=C(CCCCCl)Oc1cccc(OC(=O)CCCCBr)c1. The van der Waals surface area contributed by atoms with Gasteiger partial charge in [0.25, 0.3) is 0 Å². The third-order valence-corrected chi connectivity index (χ3v) is 3.63. The van der Waals surface area contributed by atoms with Crippen molar-refractivity contribution >= 4 is 39.5 Å². The van der Waals surface area contributed by atoms with Crippen LogP contribution >= 0.6 is 27.5 Å². The number of hydrogen-bond acceptors (Lipinski definition) is 4. The zero-order chi connectivity index (χ0) is 16.2. The molecule has 0 bridgehead atoms. The lowest BCUT2D eigenvalue weighted by atomic mass is 10.2. The van der Waals surface area contributed by atoms with Crippen LogP contribution in [0.1, 0.15) is 38.5 Å². The van der Waals surface area contributed by atoms with Gasteiger partial charge in [0.05, 0.1) is 0 Å². The number of halogens is 2. The first-order valence-electron chi connectivity index (χ1n) is 7.29. The molecule has 22 heavy (non-hydrogen) atoms. The minimum Gasteiger partial charge on any atom is -0.426 e. The molecule has 0 saturated carbocycles. The van der Waals surface area contributed by atoms with Crippen molar-refractivity contribution in [2.75, 3.05) is 11.2 Å². The van der Waals surface area contributed by atoms with E-state index in [0.717, 1.165) is 24.6 Å². The Bertz CT molecular complexity index is 440. The van der Waals surface area contributed by atoms with E-state index in [-0.39, 0.29) is 11.9 Å². The molecule has 0 amide bonds. The summed E-state index contributed by atoms with van der Waals surface area (Å²) in [5.74, 6) is 0.697. The van der Waals surface area contributed by atoms with Crippen molar-refractivity contribution in [1.82, 2.24) is 0 Å². The molecule has 1 rings (SSSR count). The summed E-state index contributed by atoms with van der Waals surface area (Å²) in [6, 6.07) is 6.54. The van der Waals surface area contributed by atoms with Crippen LogP contribution in [-0.2, 0) is 9.59 Å². The van der Waals surface area contributed by atoms with Gasteiger partial charge in [-0.25, -0.2) is 0 Å². The smallest absolute Gasteiger partial charge is 0.311 e. The predicted molar refractivity (Wildman–Crippen MR) is 89.9 cm³/mol. The summed E-state index contributed by atoms with van der Waals surface area (Å²) in [7, 11) is 0. The highest BCUT2D eigenvalue weighted by Gasteiger charge is 2.08. The minimum atomic E-state index is -0.314. The Balaban J connectivity index is 2.44. The van der Waals surface area contributed by atoms with Crippen LogP contribution in [0.2, 0.25) is 0 Å². The molecule has 0 spiro atoms. The van der Waals surface area contributed by atoms with Crippen LogP contribution in [0.25, 0.3) is 0 Å². The summed E-state index contributed by atoms with van der Waals surface area (Å²) in [5, 5.41) is 0.870. The normalized spacial score (nSPS) is 10.3. The van der Waals surface area contributed by atoms with Crippen LogP contribution in [-0.4, -0.2) is 23.1 Å². The third kappa shape index (κ3) is 8.39. The van der Waals surface area contributed by atoms with Crippen molar-refractivity contribution in [2.24, 2.45) is 0 Å². The molecule has 0 aliphatic heterocycles. The number of unbranched alkanes of at least 4 members (excludes halogenated alkanes) is 2. The van der Waals surface area contributed by atoms with E-state index in [4.69, 9.17) is 21.1 Å². The van der Waals surface area contributed by atoms with E-state index >= 15 is 0 Å². The summed E-state index contributed by atoms with van der Waals surface area (Å²) >= 11 is 8.87. The maximum absolute atomic E-state index is 11.6. The first-order chi connectivity index (χ1) is 10.7. The molecule has 0 unspecified atom stereocenters. The molecule has 0 aromatic heterocycles. The van der Waals surface area contributed by atoms with Crippen molar-refractivity contribution in [3.05, 3.63) is 24.3 Å². The quantitative estimate of drug-likeness (QED) is 0.255. The largest absolute Gasteiger partial charge is 0.426 e. The van der Waals surface area contributed by atoms with Gasteiger partial charge in [-0.15, -0.1) is 11.6 Å². The number of rotatable bonds is 10. The summed E-state index contributed by atoms with van der Waals surface area (Å²) in [5.41, 5.74) is 0. The Morgan fingerprint density at radius 3 is 2.00 bits per heavy atom. The second kappa shape index (κ2) is 11.5. The highest BCUT2D eigenvalue weighted by molar-refractivity contribution is 9.09. The Labute approximate surface area is 144 Å². The van der Waals surface area contributed by atoms with Crippen LogP contribution < -0.4 is 9.47 Å². The zero-order valence-corrected chi connectivity index (χ0v) is 14.7. The lowest BCUT2D eigenvalue weighted by molar-refractivity contribution is -0.134. The van der Waals surface area contributed by atoms with Crippen molar-refractivity contribution in [3.8, 4) is 11.5 Å². The summed E-state index contributed by atoms with van der Waals surface area (Å²) in [6.07, 6.45) is 3.87. The first-order valence-corrected chi connectivity index (χ1v) is 8.94.